The Balaban J connectivity index is 1.65. The van der Waals surface area contributed by atoms with E-state index in [9.17, 15) is 4.79 Å². The minimum atomic E-state index is -0.425. The van der Waals surface area contributed by atoms with Crippen LogP contribution in [0.2, 0.25) is 0 Å². The van der Waals surface area contributed by atoms with Crippen LogP contribution < -0.4 is 16.8 Å². The van der Waals surface area contributed by atoms with Crippen LogP contribution >= 0.6 is 0 Å². The first-order chi connectivity index (χ1) is 8.94. The number of amides is 2. The van der Waals surface area contributed by atoms with Gasteiger partial charge in [0.15, 0.2) is 0 Å². The molecule has 0 radical (unpaired) electrons. The number of nitrogens with one attached hydrogen (secondary N) is 1. The molecule has 106 valence electrons. The second-order valence-electron chi connectivity index (χ2n) is 5.79. The SMILES string of the molecule is C=C(N)/C(=C/C)COC1CC2(CC(NC(N)=O)C2)C1. The van der Waals surface area contributed by atoms with Crippen molar-refractivity contribution < 1.29 is 9.53 Å². The summed E-state index contributed by atoms with van der Waals surface area (Å²) in [5.41, 5.74) is 12.7. The standard InChI is InChI=1S/C14H23N3O2/c1-3-10(9(2)15)8-19-12-6-14(7-12)4-11(5-14)17-13(16)18/h3,11-12H,2,4-8,15H2,1H3,(H3,16,17,18)/b10-3+. The summed E-state index contributed by atoms with van der Waals surface area (Å²) < 4.78 is 5.82. The molecule has 1 spiro atoms. The Hall–Kier alpha value is -1.49. The van der Waals surface area contributed by atoms with E-state index in [0.717, 1.165) is 31.3 Å². The monoisotopic (exact) mass is 265 g/mol. The third-order valence-corrected chi connectivity index (χ3v) is 4.26. The maximum atomic E-state index is 10.7. The largest absolute Gasteiger partial charge is 0.399 e. The molecule has 0 aromatic heterocycles. The van der Waals surface area contributed by atoms with Gasteiger partial charge in [0.05, 0.1) is 12.7 Å². The highest BCUT2D eigenvalue weighted by Gasteiger charge is 2.53. The van der Waals surface area contributed by atoms with E-state index in [2.05, 4.69) is 11.9 Å². The van der Waals surface area contributed by atoms with Crippen LogP contribution in [0.4, 0.5) is 4.79 Å². The molecule has 0 bridgehead atoms. The lowest BCUT2D eigenvalue weighted by Gasteiger charge is -2.57. The molecule has 5 nitrogen and oxygen atoms in total. The summed E-state index contributed by atoms with van der Waals surface area (Å²) in [4.78, 5) is 10.7. The molecule has 0 saturated heterocycles. The molecule has 2 saturated carbocycles. The minimum absolute atomic E-state index is 0.258. The van der Waals surface area contributed by atoms with E-state index in [4.69, 9.17) is 16.2 Å². The quantitative estimate of drug-likeness (QED) is 0.656. The van der Waals surface area contributed by atoms with Gasteiger partial charge in [-0.3, -0.25) is 0 Å². The summed E-state index contributed by atoms with van der Waals surface area (Å²) >= 11 is 0. The van der Waals surface area contributed by atoms with Crippen LogP contribution in [-0.4, -0.2) is 24.8 Å². The van der Waals surface area contributed by atoms with Crippen molar-refractivity contribution in [1.82, 2.24) is 5.32 Å². The Labute approximate surface area is 114 Å². The molecule has 0 heterocycles. The van der Waals surface area contributed by atoms with Gasteiger partial charge in [0.1, 0.15) is 0 Å². The van der Waals surface area contributed by atoms with Crippen LogP contribution in [0.25, 0.3) is 0 Å². The zero-order valence-corrected chi connectivity index (χ0v) is 11.4. The fourth-order valence-corrected chi connectivity index (χ4v) is 3.22. The number of carbonyl (C=O) groups excluding carboxylic acids is 1. The Morgan fingerprint density at radius 2 is 2.05 bits per heavy atom. The summed E-state index contributed by atoms with van der Waals surface area (Å²) in [7, 11) is 0. The van der Waals surface area contributed by atoms with Gasteiger partial charge in [-0.25, -0.2) is 4.79 Å². The first kappa shape index (κ1) is 13.9. The lowest BCUT2D eigenvalue weighted by Crippen LogP contribution is -2.58. The number of allylic oxidation sites excluding steroid dienone is 1. The maximum Gasteiger partial charge on any atom is 0.312 e. The molecule has 5 heteroatoms. The fraction of sp³-hybridized carbons (Fsp3) is 0.643. The molecule has 0 atom stereocenters. The average Bonchev–Trinajstić information content (AvgIpc) is 2.21. The Morgan fingerprint density at radius 3 is 2.53 bits per heavy atom. The molecule has 2 fully saturated rings. The summed E-state index contributed by atoms with van der Waals surface area (Å²) in [6.45, 7) is 6.19. The van der Waals surface area contributed by atoms with E-state index >= 15 is 0 Å². The predicted octanol–water partition coefficient (Wildman–Crippen LogP) is 1.40. The second-order valence-corrected chi connectivity index (χ2v) is 5.79. The van der Waals surface area contributed by atoms with Crippen LogP contribution in [0.15, 0.2) is 23.9 Å². The van der Waals surface area contributed by atoms with E-state index in [0.29, 0.717) is 23.8 Å². The first-order valence-corrected chi connectivity index (χ1v) is 6.71. The number of ether oxygens (including phenoxy) is 1. The summed E-state index contributed by atoms with van der Waals surface area (Å²) in [6.07, 6.45) is 6.43. The van der Waals surface area contributed by atoms with Crippen molar-refractivity contribution in [3.8, 4) is 0 Å². The highest BCUT2D eigenvalue weighted by molar-refractivity contribution is 5.72. The van der Waals surface area contributed by atoms with Gasteiger partial charge in [0, 0.05) is 11.7 Å². The van der Waals surface area contributed by atoms with Crippen molar-refractivity contribution in [2.75, 3.05) is 6.61 Å². The zero-order chi connectivity index (χ0) is 14.0. The Kier molecular flexibility index (Phi) is 3.85. The van der Waals surface area contributed by atoms with Crippen molar-refractivity contribution in [3.05, 3.63) is 23.9 Å². The smallest absolute Gasteiger partial charge is 0.312 e. The van der Waals surface area contributed by atoms with Crippen molar-refractivity contribution in [2.24, 2.45) is 16.9 Å². The van der Waals surface area contributed by atoms with Gasteiger partial charge >= 0.3 is 6.03 Å². The van der Waals surface area contributed by atoms with Crippen molar-refractivity contribution >= 4 is 6.03 Å². The minimum Gasteiger partial charge on any atom is -0.399 e. The third kappa shape index (κ3) is 3.10. The summed E-state index contributed by atoms with van der Waals surface area (Å²) in [5.74, 6) is 0. The van der Waals surface area contributed by atoms with Gasteiger partial charge in [-0.15, -0.1) is 0 Å². The van der Waals surface area contributed by atoms with Gasteiger partial charge in [-0.05, 0) is 43.6 Å². The molecule has 0 aromatic carbocycles. The van der Waals surface area contributed by atoms with Crippen LogP contribution in [0.1, 0.15) is 32.6 Å². The third-order valence-electron chi connectivity index (χ3n) is 4.26. The predicted molar refractivity (Wildman–Crippen MR) is 74.2 cm³/mol. The van der Waals surface area contributed by atoms with E-state index in [-0.39, 0.29) is 6.04 Å². The van der Waals surface area contributed by atoms with E-state index in [1.807, 2.05) is 13.0 Å². The molecule has 0 aliphatic heterocycles. The lowest BCUT2D eigenvalue weighted by atomic mass is 9.53. The van der Waals surface area contributed by atoms with Gasteiger partial charge in [0.25, 0.3) is 0 Å². The molecule has 2 rings (SSSR count). The number of rotatable bonds is 5. The highest BCUT2D eigenvalue weighted by Crippen LogP contribution is 2.56. The second kappa shape index (κ2) is 5.25. The van der Waals surface area contributed by atoms with E-state index in [1.165, 1.54) is 0 Å². The van der Waals surface area contributed by atoms with Gasteiger partial charge in [0.2, 0.25) is 0 Å². The summed E-state index contributed by atoms with van der Waals surface area (Å²) in [5, 5.41) is 2.75. The zero-order valence-electron chi connectivity index (χ0n) is 11.4. The molecule has 19 heavy (non-hydrogen) atoms. The highest BCUT2D eigenvalue weighted by atomic mass is 16.5. The fourth-order valence-electron chi connectivity index (χ4n) is 3.22. The molecule has 2 aliphatic rings. The van der Waals surface area contributed by atoms with Crippen molar-refractivity contribution in [1.29, 1.82) is 0 Å². The van der Waals surface area contributed by atoms with Crippen molar-refractivity contribution in [3.63, 3.8) is 0 Å². The van der Waals surface area contributed by atoms with Crippen LogP contribution in [0.5, 0.6) is 0 Å². The molecule has 0 unspecified atom stereocenters. The molecule has 2 aliphatic carbocycles. The number of urea groups is 1. The van der Waals surface area contributed by atoms with Gasteiger partial charge in [-0.1, -0.05) is 12.7 Å². The van der Waals surface area contributed by atoms with Crippen LogP contribution in [-0.2, 0) is 4.74 Å². The molecular weight excluding hydrogens is 242 g/mol. The van der Waals surface area contributed by atoms with Crippen molar-refractivity contribution in [2.45, 2.75) is 44.8 Å². The van der Waals surface area contributed by atoms with E-state index in [1.54, 1.807) is 0 Å². The molecular formula is C14H23N3O2. The first-order valence-electron chi connectivity index (χ1n) is 6.71. The summed E-state index contributed by atoms with van der Waals surface area (Å²) in [6, 6.07) is -0.167. The normalized spacial score (nSPS) is 33.4. The number of hydrogen-bond acceptors (Lipinski definition) is 3. The lowest BCUT2D eigenvalue weighted by molar-refractivity contribution is -0.121. The Morgan fingerprint density at radius 1 is 1.42 bits per heavy atom. The molecule has 2 amide bonds. The Bertz CT molecular complexity index is 403. The topological polar surface area (TPSA) is 90.4 Å². The molecule has 0 aromatic rings. The number of primary amides is 1. The number of hydrogen-bond donors (Lipinski definition) is 3. The maximum absolute atomic E-state index is 10.7. The van der Waals surface area contributed by atoms with E-state index < -0.39 is 6.03 Å². The van der Waals surface area contributed by atoms with Crippen LogP contribution in [0.3, 0.4) is 0 Å². The number of nitrogens with two attached hydrogens (primary N) is 2. The van der Waals surface area contributed by atoms with Crippen LogP contribution in [0, 0.1) is 5.41 Å². The van der Waals surface area contributed by atoms with Gasteiger partial charge < -0.3 is 21.5 Å². The number of carbonyl (C=O) groups is 1. The molecule has 5 N–H and O–H groups in total. The average molecular weight is 265 g/mol. The van der Waals surface area contributed by atoms with Gasteiger partial charge in [-0.2, -0.15) is 0 Å².